The Balaban J connectivity index is 1.70. The molecule has 0 radical (unpaired) electrons. The fourth-order valence-corrected chi connectivity index (χ4v) is 4.10. The van der Waals surface area contributed by atoms with Crippen molar-refractivity contribution >= 4 is 44.2 Å². The van der Waals surface area contributed by atoms with Crippen molar-refractivity contribution in [2.75, 3.05) is 18.1 Å². The van der Waals surface area contributed by atoms with Crippen LogP contribution < -0.4 is 4.90 Å². The number of rotatable bonds is 4. The molecule has 1 amide bonds. The molecule has 1 aliphatic rings. The Morgan fingerprint density at radius 1 is 1.44 bits per heavy atom. The molecule has 4 rings (SSSR count). The number of thiazole rings is 1. The highest BCUT2D eigenvalue weighted by Crippen LogP contribution is 2.32. The number of hydrogen-bond acceptors (Lipinski definition) is 6. The molecule has 1 atom stereocenters. The Morgan fingerprint density at radius 3 is 3.04 bits per heavy atom. The molecular weight excluding hydrogens is 362 g/mol. The molecule has 8 heteroatoms. The molecule has 2 aromatic heterocycles. The van der Waals surface area contributed by atoms with Gasteiger partial charge in [0.15, 0.2) is 10.8 Å². The molecule has 3 heterocycles. The molecule has 1 unspecified atom stereocenters. The summed E-state index contributed by atoms with van der Waals surface area (Å²) in [5, 5.41) is 5.11. The SMILES string of the molecule is Cc1cc(C(=O)N(CC2CCCO2)c2nc3ccc(Cl)cc3s2)no1. The maximum Gasteiger partial charge on any atom is 0.282 e. The normalized spacial score (nSPS) is 17.3. The van der Waals surface area contributed by atoms with Crippen molar-refractivity contribution in [1.82, 2.24) is 10.1 Å². The van der Waals surface area contributed by atoms with Crippen molar-refractivity contribution < 1.29 is 14.1 Å². The van der Waals surface area contributed by atoms with E-state index in [9.17, 15) is 4.79 Å². The molecule has 1 aromatic carbocycles. The lowest BCUT2D eigenvalue weighted by molar-refractivity contribution is 0.0910. The number of nitrogens with zero attached hydrogens (tertiary/aromatic N) is 3. The van der Waals surface area contributed by atoms with Crippen LogP contribution in [-0.2, 0) is 4.74 Å². The lowest BCUT2D eigenvalue weighted by Crippen LogP contribution is -2.37. The smallest absolute Gasteiger partial charge is 0.282 e. The molecule has 25 heavy (non-hydrogen) atoms. The number of anilines is 1. The number of carbonyl (C=O) groups is 1. The van der Waals surface area contributed by atoms with Gasteiger partial charge in [0, 0.05) is 17.7 Å². The number of benzene rings is 1. The topological polar surface area (TPSA) is 68.5 Å². The molecule has 1 saturated heterocycles. The predicted octanol–water partition coefficient (Wildman–Crippen LogP) is 4.07. The molecule has 1 fully saturated rings. The molecular formula is C17H16ClN3O3S. The van der Waals surface area contributed by atoms with Gasteiger partial charge in [0.2, 0.25) is 0 Å². The van der Waals surface area contributed by atoms with E-state index in [1.807, 2.05) is 12.1 Å². The molecule has 3 aromatic rings. The minimum Gasteiger partial charge on any atom is -0.376 e. The van der Waals surface area contributed by atoms with Gasteiger partial charge in [-0.25, -0.2) is 4.98 Å². The largest absolute Gasteiger partial charge is 0.376 e. The minimum absolute atomic E-state index is 0.00699. The summed E-state index contributed by atoms with van der Waals surface area (Å²) in [6.45, 7) is 2.93. The fourth-order valence-electron chi connectivity index (χ4n) is 2.85. The van der Waals surface area contributed by atoms with Gasteiger partial charge in [-0.15, -0.1) is 0 Å². The number of hydrogen-bond donors (Lipinski definition) is 0. The van der Waals surface area contributed by atoms with Crippen molar-refractivity contribution in [3.05, 3.63) is 40.7 Å². The molecule has 130 valence electrons. The van der Waals surface area contributed by atoms with Gasteiger partial charge >= 0.3 is 0 Å². The van der Waals surface area contributed by atoms with Gasteiger partial charge in [-0.3, -0.25) is 9.69 Å². The summed E-state index contributed by atoms with van der Waals surface area (Å²) in [5.74, 6) is 0.356. The first-order valence-corrected chi connectivity index (χ1v) is 9.22. The van der Waals surface area contributed by atoms with Gasteiger partial charge in [-0.05, 0) is 38.0 Å². The van der Waals surface area contributed by atoms with Crippen molar-refractivity contribution in [2.45, 2.75) is 25.9 Å². The number of ether oxygens (including phenoxy) is 1. The highest BCUT2D eigenvalue weighted by molar-refractivity contribution is 7.22. The third-order valence-electron chi connectivity index (χ3n) is 4.07. The number of carbonyl (C=O) groups excluding carboxylic acids is 1. The van der Waals surface area contributed by atoms with Gasteiger partial charge < -0.3 is 9.26 Å². The maximum absolute atomic E-state index is 13.0. The van der Waals surface area contributed by atoms with E-state index in [2.05, 4.69) is 10.1 Å². The Hall–Kier alpha value is -1.96. The van der Waals surface area contributed by atoms with Gasteiger partial charge in [-0.2, -0.15) is 0 Å². The summed E-state index contributed by atoms with van der Waals surface area (Å²) >= 11 is 7.49. The number of fused-ring (bicyclic) bond motifs is 1. The minimum atomic E-state index is -0.238. The molecule has 0 N–H and O–H groups in total. The summed E-state index contributed by atoms with van der Waals surface area (Å²) in [6, 6.07) is 7.13. The highest BCUT2D eigenvalue weighted by atomic mass is 35.5. The van der Waals surface area contributed by atoms with E-state index in [-0.39, 0.29) is 17.7 Å². The summed E-state index contributed by atoms with van der Waals surface area (Å²) in [7, 11) is 0. The quantitative estimate of drug-likeness (QED) is 0.685. The van der Waals surface area contributed by atoms with Crippen LogP contribution in [0.3, 0.4) is 0 Å². The monoisotopic (exact) mass is 377 g/mol. The van der Waals surface area contributed by atoms with Crippen LogP contribution in [0.2, 0.25) is 5.02 Å². The van der Waals surface area contributed by atoms with Gasteiger partial charge in [0.1, 0.15) is 5.76 Å². The number of aryl methyl sites for hydroxylation is 1. The molecule has 0 spiro atoms. The molecule has 0 saturated carbocycles. The summed E-state index contributed by atoms with van der Waals surface area (Å²) < 4.78 is 11.7. The van der Waals surface area contributed by atoms with Crippen LogP contribution in [0.4, 0.5) is 5.13 Å². The standard InChI is InChI=1S/C17H16ClN3O3S/c1-10-7-14(20-24-10)16(22)21(9-12-3-2-6-23-12)17-19-13-5-4-11(18)8-15(13)25-17/h4-5,7-8,12H,2-3,6,9H2,1H3. The number of amides is 1. The van der Waals surface area contributed by atoms with Crippen molar-refractivity contribution in [2.24, 2.45) is 0 Å². The van der Waals surface area contributed by atoms with E-state index in [1.165, 1.54) is 11.3 Å². The second-order valence-corrected chi connectivity index (χ2v) is 7.43. The lowest BCUT2D eigenvalue weighted by atomic mass is 10.2. The number of halogens is 1. The second-order valence-electron chi connectivity index (χ2n) is 5.98. The summed E-state index contributed by atoms with van der Waals surface area (Å²) in [4.78, 5) is 19.2. The Kier molecular flexibility index (Phi) is 4.45. The molecule has 1 aliphatic heterocycles. The maximum atomic E-state index is 13.0. The van der Waals surface area contributed by atoms with Crippen LogP contribution in [0.1, 0.15) is 29.1 Å². The Labute approximate surface area is 153 Å². The molecule has 0 aliphatic carbocycles. The Bertz CT molecular complexity index is 917. The number of aromatic nitrogens is 2. The molecule has 0 bridgehead atoms. The van der Waals surface area contributed by atoms with Crippen molar-refractivity contribution in [3.63, 3.8) is 0 Å². The van der Waals surface area contributed by atoms with Gasteiger partial charge in [-0.1, -0.05) is 28.1 Å². The fraction of sp³-hybridized carbons (Fsp3) is 0.353. The van der Waals surface area contributed by atoms with Crippen LogP contribution in [-0.4, -0.2) is 35.3 Å². The predicted molar refractivity (Wildman–Crippen MR) is 96.5 cm³/mol. The third kappa shape index (κ3) is 3.40. The van der Waals surface area contributed by atoms with Crippen LogP contribution in [0, 0.1) is 6.92 Å². The average Bonchev–Trinajstić information content (AvgIpc) is 3.31. The van der Waals surface area contributed by atoms with E-state index < -0.39 is 0 Å². The van der Waals surface area contributed by atoms with E-state index in [1.54, 1.807) is 24.0 Å². The van der Waals surface area contributed by atoms with Crippen molar-refractivity contribution in [1.29, 1.82) is 0 Å². The molecule has 6 nitrogen and oxygen atoms in total. The van der Waals surface area contributed by atoms with Gasteiger partial charge in [0.05, 0.1) is 22.9 Å². The van der Waals surface area contributed by atoms with Crippen LogP contribution in [0.25, 0.3) is 10.2 Å². The first-order valence-electron chi connectivity index (χ1n) is 8.03. The summed E-state index contributed by atoms with van der Waals surface area (Å²) in [5.41, 5.74) is 1.08. The van der Waals surface area contributed by atoms with Crippen LogP contribution >= 0.6 is 22.9 Å². The van der Waals surface area contributed by atoms with E-state index in [4.69, 9.17) is 20.9 Å². The zero-order chi connectivity index (χ0) is 17.4. The Morgan fingerprint density at radius 2 is 2.32 bits per heavy atom. The van der Waals surface area contributed by atoms with Crippen LogP contribution in [0.15, 0.2) is 28.8 Å². The third-order valence-corrected chi connectivity index (χ3v) is 5.35. The summed E-state index contributed by atoms with van der Waals surface area (Å²) in [6.07, 6.45) is 1.94. The zero-order valence-corrected chi connectivity index (χ0v) is 15.1. The van der Waals surface area contributed by atoms with E-state index in [0.717, 1.165) is 29.7 Å². The first-order chi connectivity index (χ1) is 12.1. The highest BCUT2D eigenvalue weighted by Gasteiger charge is 2.28. The average molecular weight is 378 g/mol. The van der Waals surface area contributed by atoms with Crippen LogP contribution in [0.5, 0.6) is 0 Å². The lowest BCUT2D eigenvalue weighted by Gasteiger charge is -2.21. The second kappa shape index (κ2) is 6.74. The van der Waals surface area contributed by atoms with Gasteiger partial charge in [0.25, 0.3) is 5.91 Å². The zero-order valence-electron chi connectivity index (χ0n) is 13.6. The van der Waals surface area contributed by atoms with Crippen molar-refractivity contribution in [3.8, 4) is 0 Å². The van der Waals surface area contributed by atoms with E-state index >= 15 is 0 Å². The van der Waals surface area contributed by atoms with E-state index in [0.29, 0.717) is 22.5 Å². The first kappa shape index (κ1) is 16.5.